The van der Waals surface area contributed by atoms with E-state index >= 15 is 0 Å². The van der Waals surface area contributed by atoms with Crippen LogP contribution in [0.25, 0.3) is 0 Å². The molecule has 0 amide bonds. The Bertz CT molecular complexity index is 900. The Morgan fingerprint density at radius 2 is 1.73 bits per heavy atom. The number of pyridine rings is 1. The molecule has 0 atom stereocenters. The van der Waals surface area contributed by atoms with Crippen LogP contribution < -0.4 is 0 Å². The highest BCUT2D eigenvalue weighted by Crippen LogP contribution is 2.27. The first-order valence-electron chi connectivity index (χ1n) is 7.59. The van der Waals surface area contributed by atoms with Gasteiger partial charge in [0.25, 0.3) is 0 Å². The second kappa shape index (κ2) is 9.28. The Kier molecular flexibility index (Phi) is 6.80. The highest BCUT2D eigenvalue weighted by Gasteiger charge is 2.02. The third-order valence-electron chi connectivity index (χ3n) is 3.31. The Morgan fingerprint density at radius 3 is 2.42 bits per heavy atom. The summed E-state index contributed by atoms with van der Waals surface area (Å²) in [5.41, 5.74) is 1.66. The molecule has 0 fully saturated rings. The molecule has 0 spiro atoms. The van der Waals surface area contributed by atoms with Crippen molar-refractivity contribution in [3.63, 3.8) is 0 Å². The molecule has 1 aromatic heterocycles. The average molecular weight is 424 g/mol. The van der Waals surface area contributed by atoms with Crippen LogP contribution in [0.2, 0.25) is 15.1 Å². The van der Waals surface area contributed by atoms with Crippen molar-refractivity contribution in [2.45, 2.75) is 16.5 Å². The minimum atomic E-state index is 0.268. The molecule has 3 nitrogen and oxygen atoms in total. The SMILES string of the molecule is Clc1ccc(Sc2ccc(C=NOCc3ccc(Cl)cc3Cl)cn2)cc1. The van der Waals surface area contributed by atoms with Crippen LogP contribution in [0.1, 0.15) is 11.1 Å². The molecule has 26 heavy (non-hydrogen) atoms. The summed E-state index contributed by atoms with van der Waals surface area (Å²) < 4.78 is 0. The second-order valence-corrected chi connectivity index (χ2v) is 7.60. The zero-order valence-corrected chi connectivity index (χ0v) is 16.5. The van der Waals surface area contributed by atoms with Gasteiger partial charge in [0.05, 0.1) is 6.21 Å². The number of benzene rings is 2. The van der Waals surface area contributed by atoms with Crippen molar-refractivity contribution in [3.8, 4) is 0 Å². The molecular formula is C19H13Cl3N2OS. The van der Waals surface area contributed by atoms with Crippen LogP contribution in [0.3, 0.4) is 0 Å². The molecule has 3 aromatic rings. The first-order chi connectivity index (χ1) is 12.6. The number of hydrogen-bond donors (Lipinski definition) is 0. The fourth-order valence-electron chi connectivity index (χ4n) is 2.00. The van der Waals surface area contributed by atoms with Crippen LogP contribution >= 0.6 is 46.6 Å². The van der Waals surface area contributed by atoms with Gasteiger partial charge in [-0.05, 0) is 48.5 Å². The van der Waals surface area contributed by atoms with E-state index in [1.54, 1.807) is 36.3 Å². The van der Waals surface area contributed by atoms with Gasteiger partial charge in [-0.15, -0.1) is 0 Å². The first-order valence-corrected chi connectivity index (χ1v) is 9.54. The van der Waals surface area contributed by atoms with Gasteiger partial charge in [0.2, 0.25) is 0 Å². The van der Waals surface area contributed by atoms with Gasteiger partial charge in [0, 0.05) is 37.3 Å². The van der Waals surface area contributed by atoms with E-state index in [0.717, 1.165) is 21.0 Å². The predicted octanol–water partition coefficient (Wildman–Crippen LogP) is 6.74. The summed E-state index contributed by atoms with van der Waals surface area (Å²) in [5, 5.41) is 6.69. The van der Waals surface area contributed by atoms with Gasteiger partial charge in [-0.1, -0.05) is 57.8 Å². The van der Waals surface area contributed by atoms with Gasteiger partial charge < -0.3 is 4.84 Å². The van der Waals surface area contributed by atoms with Gasteiger partial charge in [0.1, 0.15) is 11.6 Å². The van der Waals surface area contributed by atoms with Crippen molar-refractivity contribution in [3.05, 3.63) is 87.0 Å². The van der Waals surface area contributed by atoms with Crippen LogP contribution in [0.15, 0.2) is 75.9 Å². The standard InChI is InChI=1S/C19H13Cl3N2OS/c20-15-4-6-17(7-5-15)26-19-8-1-13(10-23-19)11-24-25-12-14-2-3-16(21)9-18(14)22/h1-11H,12H2. The van der Waals surface area contributed by atoms with Crippen LogP contribution in [0.4, 0.5) is 0 Å². The van der Waals surface area contributed by atoms with Gasteiger partial charge in [0.15, 0.2) is 0 Å². The van der Waals surface area contributed by atoms with Crippen LogP contribution in [0, 0.1) is 0 Å². The highest BCUT2D eigenvalue weighted by atomic mass is 35.5. The fraction of sp³-hybridized carbons (Fsp3) is 0.0526. The van der Waals surface area contributed by atoms with Gasteiger partial charge >= 0.3 is 0 Å². The molecule has 0 aliphatic rings. The van der Waals surface area contributed by atoms with E-state index in [0.29, 0.717) is 15.1 Å². The van der Waals surface area contributed by atoms with E-state index in [9.17, 15) is 0 Å². The van der Waals surface area contributed by atoms with Crippen molar-refractivity contribution in [1.82, 2.24) is 4.98 Å². The maximum Gasteiger partial charge on any atom is 0.143 e. The summed E-state index contributed by atoms with van der Waals surface area (Å²) in [6.45, 7) is 0.268. The minimum absolute atomic E-state index is 0.268. The molecule has 0 unspecified atom stereocenters. The van der Waals surface area contributed by atoms with Crippen molar-refractivity contribution < 1.29 is 4.84 Å². The Balaban J connectivity index is 1.53. The van der Waals surface area contributed by atoms with E-state index in [-0.39, 0.29) is 6.61 Å². The number of oxime groups is 1. The summed E-state index contributed by atoms with van der Waals surface area (Å²) in [5.74, 6) is 0. The molecule has 0 saturated heterocycles. The van der Waals surface area contributed by atoms with Gasteiger partial charge in [-0.25, -0.2) is 4.98 Å². The minimum Gasteiger partial charge on any atom is -0.391 e. The predicted molar refractivity (Wildman–Crippen MR) is 109 cm³/mol. The topological polar surface area (TPSA) is 34.5 Å². The lowest BCUT2D eigenvalue weighted by Gasteiger charge is -2.03. The molecule has 132 valence electrons. The maximum absolute atomic E-state index is 6.08. The first kappa shape index (κ1) is 19.1. The zero-order chi connectivity index (χ0) is 18.4. The summed E-state index contributed by atoms with van der Waals surface area (Å²) in [6, 6.07) is 16.7. The van der Waals surface area contributed by atoms with Gasteiger partial charge in [-0.2, -0.15) is 0 Å². The van der Waals surface area contributed by atoms with E-state index in [4.69, 9.17) is 39.6 Å². The molecule has 7 heteroatoms. The Morgan fingerprint density at radius 1 is 0.962 bits per heavy atom. The second-order valence-electron chi connectivity index (χ2n) is 5.23. The third kappa shape index (κ3) is 5.64. The number of nitrogens with zero attached hydrogens (tertiary/aromatic N) is 2. The average Bonchev–Trinajstić information content (AvgIpc) is 2.63. The molecule has 0 N–H and O–H groups in total. The summed E-state index contributed by atoms with van der Waals surface area (Å²) in [6.07, 6.45) is 3.34. The molecule has 1 heterocycles. The van der Waals surface area contributed by atoms with E-state index < -0.39 is 0 Å². The monoisotopic (exact) mass is 422 g/mol. The Hall–Kier alpha value is -1.72. The molecule has 0 aliphatic carbocycles. The van der Waals surface area contributed by atoms with Crippen molar-refractivity contribution in [1.29, 1.82) is 0 Å². The molecule has 0 saturated carbocycles. The van der Waals surface area contributed by atoms with Crippen LogP contribution in [0.5, 0.6) is 0 Å². The number of aromatic nitrogens is 1. The summed E-state index contributed by atoms with van der Waals surface area (Å²) in [7, 11) is 0. The smallest absolute Gasteiger partial charge is 0.143 e. The molecule has 2 aromatic carbocycles. The van der Waals surface area contributed by atoms with E-state index in [2.05, 4.69) is 10.1 Å². The number of hydrogen-bond acceptors (Lipinski definition) is 4. The quantitative estimate of drug-likeness (QED) is 0.325. The highest BCUT2D eigenvalue weighted by molar-refractivity contribution is 7.99. The molecule has 3 rings (SSSR count). The van der Waals surface area contributed by atoms with Gasteiger partial charge in [-0.3, -0.25) is 0 Å². The maximum atomic E-state index is 6.08. The normalized spacial score (nSPS) is 11.0. The molecular weight excluding hydrogens is 411 g/mol. The Labute approximate surface area is 170 Å². The summed E-state index contributed by atoms with van der Waals surface area (Å²) >= 11 is 19.4. The molecule has 0 aliphatic heterocycles. The zero-order valence-electron chi connectivity index (χ0n) is 13.4. The lowest BCUT2D eigenvalue weighted by molar-refractivity contribution is 0.132. The van der Waals surface area contributed by atoms with Crippen LogP contribution in [-0.4, -0.2) is 11.2 Å². The number of rotatable bonds is 6. The van der Waals surface area contributed by atoms with Crippen molar-refractivity contribution in [2.24, 2.45) is 5.16 Å². The van der Waals surface area contributed by atoms with E-state index in [1.807, 2.05) is 42.5 Å². The lowest BCUT2D eigenvalue weighted by atomic mass is 10.2. The van der Waals surface area contributed by atoms with Crippen molar-refractivity contribution in [2.75, 3.05) is 0 Å². The number of halogens is 3. The fourth-order valence-corrected chi connectivity index (χ4v) is 3.34. The lowest BCUT2D eigenvalue weighted by Crippen LogP contribution is -1.90. The van der Waals surface area contributed by atoms with Crippen molar-refractivity contribution >= 4 is 52.8 Å². The molecule has 0 radical (unpaired) electrons. The molecule has 0 bridgehead atoms. The van der Waals surface area contributed by atoms with Crippen LogP contribution in [-0.2, 0) is 11.4 Å². The largest absolute Gasteiger partial charge is 0.391 e. The summed E-state index contributed by atoms with van der Waals surface area (Å²) in [4.78, 5) is 10.8. The third-order valence-corrected chi connectivity index (χ3v) is 5.10. The van der Waals surface area contributed by atoms with E-state index in [1.165, 1.54) is 0 Å².